The summed E-state index contributed by atoms with van der Waals surface area (Å²) in [5, 5.41) is 21.1. The lowest BCUT2D eigenvalue weighted by atomic mass is 9.81. The topological polar surface area (TPSA) is 52.9 Å². The van der Waals surface area contributed by atoms with Crippen molar-refractivity contribution >= 4 is 0 Å². The van der Waals surface area contributed by atoms with Crippen molar-refractivity contribution in [2.24, 2.45) is 0 Å². The van der Waals surface area contributed by atoms with Gasteiger partial charge in [0, 0.05) is 31.6 Å². The number of aliphatic hydroxyl groups excluding tert-OH is 2. The SMILES string of the molecule is Cc1ccc(C(O)CN2CCC3(CC2)CC(O)c2ccccc2O3)cc1. The molecular weight excluding hydrogens is 326 g/mol. The van der Waals surface area contributed by atoms with Crippen LogP contribution in [0.2, 0.25) is 0 Å². The zero-order chi connectivity index (χ0) is 18.1. The van der Waals surface area contributed by atoms with Gasteiger partial charge >= 0.3 is 0 Å². The number of likely N-dealkylation sites (tertiary alicyclic amines) is 1. The highest BCUT2D eigenvalue weighted by Crippen LogP contribution is 2.44. The maximum atomic E-state index is 10.5. The van der Waals surface area contributed by atoms with Gasteiger partial charge in [0.2, 0.25) is 0 Å². The van der Waals surface area contributed by atoms with E-state index in [-0.39, 0.29) is 5.60 Å². The number of piperidine rings is 1. The molecule has 2 aliphatic heterocycles. The number of hydrogen-bond donors (Lipinski definition) is 2. The molecule has 1 saturated heterocycles. The lowest BCUT2D eigenvalue weighted by molar-refractivity contribution is -0.0587. The van der Waals surface area contributed by atoms with E-state index >= 15 is 0 Å². The van der Waals surface area contributed by atoms with Crippen LogP contribution in [0.1, 0.15) is 48.2 Å². The van der Waals surface area contributed by atoms with Crippen molar-refractivity contribution in [2.75, 3.05) is 19.6 Å². The molecule has 0 saturated carbocycles. The van der Waals surface area contributed by atoms with Crippen LogP contribution in [0.25, 0.3) is 0 Å². The van der Waals surface area contributed by atoms with E-state index in [4.69, 9.17) is 4.74 Å². The van der Waals surface area contributed by atoms with Gasteiger partial charge in [0.1, 0.15) is 11.4 Å². The Morgan fingerprint density at radius 3 is 2.54 bits per heavy atom. The first-order valence-corrected chi connectivity index (χ1v) is 9.48. The second-order valence-corrected chi connectivity index (χ2v) is 7.77. The third-order valence-corrected chi connectivity index (χ3v) is 5.83. The predicted octanol–water partition coefficient (Wildman–Crippen LogP) is 3.38. The molecule has 1 spiro atoms. The van der Waals surface area contributed by atoms with Gasteiger partial charge in [0.05, 0.1) is 12.2 Å². The van der Waals surface area contributed by atoms with Crippen LogP contribution in [0.15, 0.2) is 48.5 Å². The Labute approximate surface area is 155 Å². The normalized spacial score (nSPS) is 23.3. The van der Waals surface area contributed by atoms with Crippen LogP contribution in [-0.2, 0) is 0 Å². The summed E-state index contributed by atoms with van der Waals surface area (Å²) >= 11 is 0. The van der Waals surface area contributed by atoms with Crippen molar-refractivity contribution in [3.63, 3.8) is 0 Å². The summed E-state index contributed by atoms with van der Waals surface area (Å²) in [5.74, 6) is 0.819. The van der Waals surface area contributed by atoms with Gasteiger partial charge in [-0.1, -0.05) is 48.0 Å². The third kappa shape index (κ3) is 3.50. The molecule has 0 amide bonds. The Morgan fingerprint density at radius 1 is 1.12 bits per heavy atom. The molecule has 2 N–H and O–H groups in total. The second-order valence-electron chi connectivity index (χ2n) is 7.77. The number of aryl methyl sites for hydroxylation is 1. The van der Waals surface area contributed by atoms with Crippen LogP contribution in [-0.4, -0.2) is 40.3 Å². The standard InChI is InChI=1S/C22H27NO3/c1-16-6-8-17(9-7-16)20(25)15-23-12-10-22(11-13-23)14-19(24)18-4-2-3-5-21(18)26-22/h2-9,19-20,24-25H,10-15H2,1H3. The fourth-order valence-electron chi connectivity index (χ4n) is 4.17. The quantitative estimate of drug-likeness (QED) is 0.888. The Balaban J connectivity index is 1.38. The van der Waals surface area contributed by atoms with Crippen LogP contribution in [0.3, 0.4) is 0 Å². The minimum absolute atomic E-state index is 0.279. The molecule has 0 bridgehead atoms. The number of fused-ring (bicyclic) bond motifs is 1. The molecule has 4 nitrogen and oxygen atoms in total. The first-order chi connectivity index (χ1) is 12.5. The Kier molecular flexibility index (Phi) is 4.74. The number of benzene rings is 2. The lowest BCUT2D eigenvalue weighted by Crippen LogP contribution is -2.51. The molecule has 138 valence electrons. The molecule has 0 aliphatic carbocycles. The molecule has 26 heavy (non-hydrogen) atoms. The maximum absolute atomic E-state index is 10.5. The molecule has 2 aliphatic rings. The highest BCUT2D eigenvalue weighted by atomic mass is 16.5. The Hall–Kier alpha value is -1.88. The van der Waals surface area contributed by atoms with Crippen LogP contribution < -0.4 is 4.74 Å². The van der Waals surface area contributed by atoms with Crippen LogP contribution in [0.4, 0.5) is 0 Å². The highest BCUT2D eigenvalue weighted by Gasteiger charge is 2.42. The van der Waals surface area contributed by atoms with Gasteiger partial charge in [-0.05, 0) is 31.4 Å². The van der Waals surface area contributed by atoms with Crippen molar-refractivity contribution in [1.82, 2.24) is 4.90 Å². The second kappa shape index (κ2) is 7.03. The molecule has 0 aromatic heterocycles. The number of para-hydroxylation sites is 1. The molecule has 0 radical (unpaired) electrons. The average molecular weight is 353 g/mol. The van der Waals surface area contributed by atoms with Gasteiger partial charge in [0.25, 0.3) is 0 Å². The zero-order valence-corrected chi connectivity index (χ0v) is 15.3. The first kappa shape index (κ1) is 17.5. The van der Waals surface area contributed by atoms with E-state index in [0.29, 0.717) is 13.0 Å². The summed E-state index contributed by atoms with van der Waals surface area (Å²) in [6, 6.07) is 15.9. The maximum Gasteiger partial charge on any atom is 0.125 e. The van der Waals surface area contributed by atoms with Gasteiger partial charge in [-0.3, -0.25) is 0 Å². The number of hydrogen-bond acceptors (Lipinski definition) is 4. The summed E-state index contributed by atoms with van der Waals surface area (Å²) in [6.45, 7) is 4.44. The van der Waals surface area contributed by atoms with Gasteiger partial charge in [-0.25, -0.2) is 0 Å². The molecule has 1 fully saturated rings. The summed E-state index contributed by atoms with van der Waals surface area (Å²) in [4.78, 5) is 2.30. The minimum Gasteiger partial charge on any atom is -0.487 e. The summed E-state index contributed by atoms with van der Waals surface area (Å²) in [7, 11) is 0. The monoisotopic (exact) mass is 353 g/mol. The summed E-state index contributed by atoms with van der Waals surface area (Å²) < 4.78 is 6.33. The number of aliphatic hydroxyl groups is 2. The largest absolute Gasteiger partial charge is 0.487 e. The molecule has 2 unspecified atom stereocenters. The molecule has 2 atom stereocenters. The fourth-order valence-corrected chi connectivity index (χ4v) is 4.17. The van der Waals surface area contributed by atoms with E-state index in [9.17, 15) is 10.2 Å². The highest BCUT2D eigenvalue weighted by molar-refractivity contribution is 5.38. The fraction of sp³-hybridized carbons (Fsp3) is 0.455. The smallest absolute Gasteiger partial charge is 0.125 e. The number of nitrogens with zero attached hydrogens (tertiary/aromatic N) is 1. The number of ether oxygens (including phenoxy) is 1. The molecule has 4 rings (SSSR count). The van der Waals surface area contributed by atoms with Crippen molar-refractivity contribution < 1.29 is 14.9 Å². The van der Waals surface area contributed by atoms with E-state index in [0.717, 1.165) is 42.8 Å². The van der Waals surface area contributed by atoms with Gasteiger partial charge < -0.3 is 19.8 Å². The predicted molar refractivity (Wildman–Crippen MR) is 101 cm³/mol. The summed E-state index contributed by atoms with van der Waals surface area (Å²) in [6.07, 6.45) is 1.48. The van der Waals surface area contributed by atoms with E-state index in [1.54, 1.807) is 0 Å². The molecule has 2 aromatic rings. The molecular formula is C22H27NO3. The van der Waals surface area contributed by atoms with E-state index in [1.807, 2.05) is 48.5 Å². The Bertz CT molecular complexity index is 750. The van der Waals surface area contributed by atoms with Crippen LogP contribution in [0, 0.1) is 6.92 Å². The van der Waals surface area contributed by atoms with Crippen LogP contribution in [0.5, 0.6) is 5.75 Å². The van der Waals surface area contributed by atoms with Crippen molar-refractivity contribution in [2.45, 2.75) is 44.0 Å². The number of rotatable bonds is 3. The van der Waals surface area contributed by atoms with E-state index in [2.05, 4.69) is 11.8 Å². The number of β-amino-alcohol motifs (C(OH)–C–C–N with tert-alkyl or cyclic N) is 1. The van der Waals surface area contributed by atoms with Crippen molar-refractivity contribution in [1.29, 1.82) is 0 Å². The summed E-state index contributed by atoms with van der Waals surface area (Å²) in [5.41, 5.74) is 2.79. The average Bonchev–Trinajstić information content (AvgIpc) is 2.64. The van der Waals surface area contributed by atoms with E-state index < -0.39 is 12.2 Å². The zero-order valence-electron chi connectivity index (χ0n) is 15.3. The van der Waals surface area contributed by atoms with E-state index in [1.165, 1.54) is 5.56 Å². The van der Waals surface area contributed by atoms with Gasteiger partial charge in [-0.2, -0.15) is 0 Å². The first-order valence-electron chi connectivity index (χ1n) is 9.48. The van der Waals surface area contributed by atoms with Gasteiger partial charge in [0.15, 0.2) is 0 Å². The molecule has 2 heterocycles. The lowest BCUT2D eigenvalue weighted by Gasteiger charge is -2.46. The molecule has 4 heteroatoms. The Morgan fingerprint density at radius 2 is 1.81 bits per heavy atom. The van der Waals surface area contributed by atoms with Crippen molar-refractivity contribution in [3.05, 3.63) is 65.2 Å². The third-order valence-electron chi connectivity index (χ3n) is 5.83. The minimum atomic E-state index is -0.469. The van der Waals surface area contributed by atoms with Gasteiger partial charge in [-0.15, -0.1) is 0 Å². The van der Waals surface area contributed by atoms with Crippen molar-refractivity contribution in [3.8, 4) is 5.75 Å². The molecule has 2 aromatic carbocycles. The van der Waals surface area contributed by atoms with Crippen LogP contribution >= 0.6 is 0 Å².